The maximum absolute atomic E-state index is 13.3. The van der Waals surface area contributed by atoms with Crippen LogP contribution in [0.15, 0.2) is 18.2 Å². The highest BCUT2D eigenvalue weighted by atomic mass is 35.5. The van der Waals surface area contributed by atoms with E-state index in [0.717, 1.165) is 12.8 Å². The average Bonchev–Trinajstić information content (AvgIpc) is 2.18. The number of carbonyl (C=O) groups excluding carboxylic acids is 1. The molecule has 1 aromatic carbocycles. The minimum atomic E-state index is -0.602. The van der Waals surface area contributed by atoms with Crippen molar-refractivity contribution in [2.45, 2.75) is 26.2 Å². The number of hydrogen-bond donors (Lipinski definition) is 0. The van der Waals surface area contributed by atoms with Crippen LogP contribution < -0.4 is 0 Å². The molecule has 0 aliphatic rings. The summed E-state index contributed by atoms with van der Waals surface area (Å²) in [4.78, 5) is 11.5. The summed E-state index contributed by atoms with van der Waals surface area (Å²) in [5.74, 6) is -0.776. The Labute approximate surface area is 87.9 Å². The van der Waals surface area contributed by atoms with Gasteiger partial charge in [-0.1, -0.05) is 31.0 Å². The molecule has 0 bridgehead atoms. The number of unbranched alkanes of at least 4 members (excludes halogenated alkanes) is 1. The molecule has 0 spiro atoms. The summed E-state index contributed by atoms with van der Waals surface area (Å²) in [5, 5.41) is 0.00680. The molecule has 0 aliphatic carbocycles. The lowest BCUT2D eigenvalue weighted by Crippen LogP contribution is -2.02. The molecule has 0 radical (unpaired) electrons. The van der Waals surface area contributed by atoms with Crippen molar-refractivity contribution in [2.24, 2.45) is 0 Å². The van der Waals surface area contributed by atoms with E-state index in [1.54, 1.807) is 6.07 Å². The fourth-order valence-corrected chi connectivity index (χ4v) is 1.37. The van der Waals surface area contributed by atoms with Gasteiger partial charge in [0.15, 0.2) is 11.6 Å². The molecular weight excluding hydrogens is 203 g/mol. The van der Waals surface area contributed by atoms with Crippen LogP contribution in [-0.4, -0.2) is 5.78 Å². The number of Topliss-reactive ketones (excluding diaryl/α,β-unsaturated/α-hetero) is 1. The van der Waals surface area contributed by atoms with Crippen molar-refractivity contribution in [3.05, 3.63) is 34.6 Å². The van der Waals surface area contributed by atoms with Crippen LogP contribution in [0.3, 0.4) is 0 Å². The van der Waals surface area contributed by atoms with Crippen molar-refractivity contribution in [1.29, 1.82) is 0 Å². The summed E-state index contributed by atoms with van der Waals surface area (Å²) in [5.41, 5.74) is 0.103. The van der Waals surface area contributed by atoms with E-state index in [0.29, 0.717) is 6.42 Å². The van der Waals surface area contributed by atoms with E-state index in [-0.39, 0.29) is 16.4 Å². The first-order chi connectivity index (χ1) is 6.66. The normalized spacial score (nSPS) is 10.2. The van der Waals surface area contributed by atoms with Gasteiger partial charge in [-0.25, -0.2) is 4.39 Å². The van der Waals surface area contributed by atoms with E-state index < -0.39 is 5.82 Å². The van der Waals surface area contributed by atoms with Crippen LogP contribution in [0.25, 0.3) is 0 Å². The van der Waals surface area contributed by atoms with Crippen LogP contribution in [0, 0.1) is 5.82 Å². The number of rotatable bonds is 4. The zero-order chi connectivity index (χ0) is 10.6. The molecule has 0 amide bonds. The topological polar surface area (TPSA) is 17.1 Å². The van der Waals surface area contributed by atoms with Crippen molar-refractivity contribution in [3.63, 3.8) is 0 Å². The molecule has 0 unspecified atom stereocenters. The molecule has 3 heteroatoms. The van der Waals surface area contributed by atoms with Gasteiger partial charge in [0.25, 0.3) is 0 Å². The monoisotopic (exact) mass is 214 g/mol. The predicted molar refractivity (Wildman–Crippen MR) is 55.3 cm³/mol. The molecule has 0 aliphatic heterocycles. The Morgan fingerprint density at radius 3 is 2.86 bits per heavy atom. The van der Waals surface area contributed by atoms with Gasteiger partial charge in [-0.15, -0.1) is 0 Å². The second-order valence-electron chi connectivity index (χ2n) is 3.13. The standard InChI is InChI=1S/C11H12ClFO/c1-2-3-7-10(14)8-5-4-6-9(12)11(8)13/h4-6H,2-3,7H2,1H3. The highest BCUT2D eigenvalue weighted by Crippen LogP contribution is 2.19. The van der Waals surface area contributed by atoms with Gasteiger partial charge in [0.2, 0.25) is 0 Å². The number of hydrogen-bond acceptors (Lipinski definition) is 1. The van der Waals surface area contributed by atoms with Crippen molar-refractivity contribution in [3.8, 4) is 0 Å². The summed E-state index contributed by atoms with van der Waals surface area (Å²) < 4.78 is 13.3. The lowest BCUT2D eigenvalue weighted by atomic mass is 10.1. The van der Waals surface area contributed by atoms with Gasteiger partial charge in [-0.2, -0.15) is 0 Å². The maximum atomic E-state index is 13.3. The van der Waals surface area contributed by atoms with Crippen LogP contribution in [0.1, 0.15) is 36.5 Å². The molecule has 0 saturated heterocycles. The Bertz CT molecular complexity index is 336. The minimum Gasteiger partial charge on any atom is -0.294 e. The first-order valence-corrected chi connectivity index (χ1v) is 5.01. The van der Waals surface area contributed by atoms with Gasteiger partial charge in [-0.05, 0) is 18.6 Å². The number of carbonyl (C=O) groups is 1. The Kier molecular flexibility index (Phi) is 4.08. The Morgan fingerprint density at radius 1 is 1.50 bits per heavy atom. The van der Waals surface area contributed by atoms with Crippen LogP contribution in [0.2, 0.25) is 5.02 Å². The summed E-state index contributed by atoms with van der Waals surface area (Å²) in [7, 11) is 0. The second kappa shape index (κ2) is 5.11. The Balaban J connectivity index is 2.84. The van der Waals surface area contributed by atoms with E-state index in [2.05, 4.69) is 0 Å². The zero-order valence-electron chi connectivity index (χ0n) is 8.02. The van der Waals surface area contributed by atoms with Crippen molar-refractivity contribution in [2.75, 3.05) is 0 Å². The quantitative estimate of drug-likeness (QED) is 0.696. The largest absolute Gasteiger partial charge is 0.294 e. The average molecular weight is 215 g/mol. The molecule has 1 nitrogen and oxygen atoms in total. The first-order valence-electron chi connectivity index (χ1n) is 4.64. The van der Waals surface area contributed by atoms with E-state index in [4.69, 9.17) is 11.6 Å². The minimum absolute atomic E-state index is 0.00680. The third-order valence-corrected chi connectivity index (χ3v) is 2.30. The molecule has 14 heavy (non-hydrogen) atoms. The lowest BCUT2D eigenvalue weighted by Gasteiger charge is -2.02. The summed E-state index contributed by atoms with van der Waals surface area (Å²) in [6, 6.07) is 4.50. The zero-order valence-corrected chi connectivity index (χ0v) is 8.77. The number of halogens is 2. The molecule has 0 heterocycles. The molecule has 76 valence electrons. The molecule has 0 atom stereocenters. The molecule has 0 saturated carbocycles. The van der Waals surface area contributed by atoms with Gasteiger partial charge in [0.05, 0.1) is 10.6 Å². The third-order valence-electron chi connectivity index (χ3n) is 2.01. The molecule has 1 rings (SSSR count). The number of ketones is 1. The highest BCUT2D eigenvalue weighted by Gasteiger charge is 2.12. The lowest BCUT2D eigenvalue weighted by molar-refractivity contribution is 0.0976. The van der Waals surface area contributed by atoms with Gasteiger partial charge in [-0.3, -0.25) is 4.79 Å². The second-order valence-corrected chi connectivity index (χ2v) is 3.54. The highest BCUT2D eigenvalue weighted by molar-refractivity contribution is 6.31. The first kappa shape index (κ1) is 11.2. The summed E-state index contributed by atoms with van der Waals surface area (Å²) in [6.45, 7) is 1.99. The SMILES string of the molecule is CCCCC(=O)c1cccc(Cl)c1F. The smallest absolute Gasteiger partial charge is 0.165 e. The fourth-order valence-electron chi connectivity index (χ4n) is 1.19. The van der Waals surface area contributed by atoms with Crippen LogP contribution in [0.5, 0.6) is 0 Å². The number of benzene rings is 1. The molecule has 1 aromatic rings. The van der Waals surface area contributed by atoms with Gasteiger partial charge in [0.1, 0.15) is 0 Å². The van der Waals surface area contributed by atoms with Crippen molar-refractivity contribution in [1.82, 2.24) is 0 Å². The van der Waals surface area contributed by atoms with Gasteiger partial charge >= 0.3 is 0 Å². The predicted octanol–water partition coefficient (Wildman–Crippen LogP) is 3.85. The molecule has 0 N–H and O–H groups in total. The Hall–Kier alpha value is -0.890. The molecular formula is C11H12ClFO. The Morgan fingerprint density at radius 2 is 2.21 bits per heavy atom. The fraction of sp³-hybridized carbons (Fsp3) is 0.364. The summed E-state index contributed by atoms with van der Waals surface area (Å²) >= 11 is 5.56. The van der Waals surface area contributed by atoms with Crippen LogP contribution >= 0.6 is 11.6 Å². The van der Waals surface area contributed by atoms with Crippen molar-refractivity contribution >= 4 is 17.4 Å². The van der Waals surface area contributed by atoms with Gasteiger partial charge in [0, 0.05) is 6.42 Å². The summed E-state index contributed by atoms with van der Waals surface area (Å²) in [6.07, 6.45) is 2.09. The van der Waals surface area contributed by atoms with E-state index >= 15 is 0 Å². The van der Waals surface area contributed by atoms with E-state index in [9.17, 15) is 9.18 Å². The van der Waals surface area contributed by atoms with E-state index in [1.165, 1.54) is 12.1 Å². The van der Waals surface area contributed by atoms with Crippen molar-refractivity contribution < 1.29 is 9.18 Å². The third kappa shape index (κ3) is 2.55. The van der Waals surface area contributed by atoms with Gasteiger partial charge < -0.3 is 0 Å². The van der Waals surface area contributed by atoms with Crippen LogP contribution in [-0.2, 0) is 0 Å². The molecule has 0 fully saturated rings. The maximum Gasteiger partial charge on any atom is 0.165 e. The molecule has 0 aromatic heterocycles. The van der Waals surface area contributed by atoms with Crippen LogP contribution in [0.4, 0.5) is 4.39 Å². The van der Waals surface area contributed by atoms with E-state index in [1.807, 2.05) is 6.92 Å².